The standard InChI is InChI=1S/C18H21F2N3O2/c1-12(25-15-5-3-4-14(19)9-15)10-22-18(21-2)23-11-13-6-7-17(24)16(20)8-13/h3-9,12,24H,10-11H2,1-2H3,(H2,21,22,23). The van der Waals surface area contributed by atoms with E-state index in [1.165, 1.54) is 24.3 Å². The van der Waals surface area contributed by atoms with E-state index in [1.807, 2.05) is 6.92 Å². The Balaban J connectivity index is 1.80. The zero-order chi connectivity index (χ0) is 18.2. The Morgan fingerprint density at radius 2 is 2.00 bits per heavy atom. The predicted octanol–water partition coefficient (Wildman–Crippen LogP) is 2.80. The van der Waals surface area contributed by atoms with Crippen molar-refractivity contribution in [2.45, 2.75) is 19.6 Å². The number of phenols is 1. The van der Waals surface area contributed by atoms with E-state index in [1.54, 1.807) is 25.2 Å². The lowest BCUT2D eigenvalue weighted by Gasteiger charge is -2.18. The highest BCUT2D eigenvalue weighted by molar-refractivity contribution is 5.79. The van der Waals surface area contributed by atoms with E-state index in [2.05, 4.69) is 15.6 Å². The van der Waals surface area contributed by atoms with Crippen LogP contribution in [0.3, 0.4) is 0 Å². The molecule has 0 aliphatic carbocycles. The van der Waals surface area contributed by atoms with E-state index in [9.17, 15) is 13.9 Å². The van der Waals surface area contributed by atoms with Crippen molar-refractivity contribution in [3.8, 4) is 11.5 Å². The second-order valence-electron chi connectivity index (χ2n) is 5.48. The van der Waals surface area contributed by atoms with Gasteiger partial charge >= 0.3 is 0 Å². The van der Waals surface area contributed by atoms with Gasteiger partial charge in [-0.05, 0) is 36.8 Å². The Morgan fingerprint density at radius 3 is 2.68 bits per heavy atom. The van der Waals surface area contributed by atoms with Crippen molar-refractivity contribution in [3.63, 3.8) is 0 Å². The summed E-state index contributed by atoms with van der Waals surface area (Å²) in [4.78, 5) is 4.07. The molecule has 0 spiro atoms. The molecule has 1 unspecified atom stereocenters. The highest BCUT2D eigenvalue weighted by atomic mass is 19.1. The molecule has 2 aromatic rings. The molecule has 0 heterocycles. The average Bonchev–Trinajstić information content (AvgIpc) is 2.58. The van der Waals surface area contributed by atoms with Crippen molar-refractivity contribution in [1.29, 1.82) is 0 Å². The minimum Gasteiger partial charge on any atom is -0.505 e. The van der Waals surface area contributed by atoms with Gasteiger partial charge in [0.15, 0.2) is 17.5 Å². The quantitative estimate of drug-likeness (QED) is 0.554. The molecule has 25 heavy (non-hydrogen) atoms. The van der Waals surface area contributed by atoms with Gasteiger partial charge in [-0.1, -0.05) is 12.1 Å². The van der Waals surface area contributed by atoms with Crippen LogP contribution < -0.4 is 15.4 Å². The minimum atomic E-state index is -0.667. The molecule has 2 rings (SSSR count). The first kappa shape index (κ1) is 18.5. The number of rotatable bonds is 6. The second kappa shape index (κ2) is 8.86. The Hall–Kier alpha value is -2.83. The number of phenolic OH excluding ortho intramolecular Hbond substituents is 1. The summed E-state index contributed by atoms with van der Waals surface area (Å²) in [6.07, 6.45) is -0.216. The molecule has 7 heteroatoms. The number of nitrogens with one attached hydrogen (secondary N) is 2. The first-order valence-corrected chi connectivity index (χ1v) is 7.82. The number of nitrogens with zero attached hydrogens (tertiary/aromatic N) is 1. The molecule has 0 fully saturated rings. The molecule has 0 amide bonds. The van der Waals surface area contributed by atoms with E-state index in [0.717, 1.165) is 0 Å². The molecule has 5 nitrogen and oxygen atoms in total. The predicted molar refractivity (Wildman–Crippen MR) is 92.8 cm³/mol. The molecule has 2 aromatic carbocycles. The fourth-order valence-corrected chi connectivity index (χ4v) is 2.12. The summed E-state index contributed by atoms with van der Waals surface area (Å²) >= 11 is 0. The molecule has 134 valence electrons. The number of benzene rings is 2. The van der Waals surface area contributed by atoms with E-state index >= 15 is 0 Å². The number of halogens is 2. The molecular formula is C18H21F2N3O2. The summed E-state index contributed by atoms with van der Waals surface area (Å²) in [6, 6.07) is 10.1. The van der Waals surface area contributed by atoms with Gasteiger partial charge in [-0.15, -0.1) is 0 Å². The van der Waals surface area contributed by atoms with Gasteiger partial charge in [-0.2, -0.15) is 0 Å². The molecule has 0 saturated carbocycles. The van der Waals surface area contributed by atoms with Gasteiger partial charge < -0.3 is 20.5 Å². The Kier molecular flexibility index (Phi) is 6.56. The normalized spacial score (nSPS) is 12.6. The molecule has 0 bridgehead atoms. The van der Waals surface area contributed by atoms with Gasteiger partial charge in [0.2, 0.25) is 0 Å². The fourth-order valence-electron chi connectivity index (χ4n) is 2.12. The van der Waals surface area contributed by atoms with Crippen molar-refractivity contribution in [3.05, 3.63) is 59.7 Å². The number of hydrogen-bond acceptors (Lipinski definition) is 3. The Labute approximate surface area is 145 Å². The SMILES string of the molecule is CN=C(NCc1ccc(O)c(F)c1)NCC(C)Oc1cccc(F)c1. The van der Waals surface area contributed by atoms with Crippen LogP contribution in [0.1, 0.15) is 12.5 Å². The number of aliphatic imine (C=N–C) groups is 1. The van der Waals surface area contributed by atoms with Crippen LogP contribution in [0.15, 0.2) is 47.5 Å². The smallest absolute Gasteiger partial charge is 0.191 e. The molecule has 0 aliphatic rings. The number of aromatic hydroxyl groups is 1. The lowest BCUT2D eigenvalue weighted by atomic mass is 10.2. The third-order valence-electron chi connectivity index (χ3n) is 3.39. The van der Waals surface area contributed by atoms with Crippen LogP contribution in [-0.2, 0) is 6.54 Å². The van der Waals surface area contributed by atoms with E-state index in [-0.39, 0.29) is 17.7 Å². The second-order valence-corrected chi connectivity index (χ2v) is 5.48. The van der Waals surface area contributed by atoms with Gasteiger partial charge in [-0.25, -0.2) is 8.78 Å². The third kappa shape index (κ3) is 5.95. The molecule has 0 radical (unpaired) electrons. The van der Waals surface area contributed by atoms with Crippen LogP contribution >= 0.6 is 0 Å². The highest BCUT2D eigenvalue weighted by Crippen LogP contribution is 2.16. The maximum atomic E-state index is 13.3. The van der Waals surface area contributed by atoms with Crippen molar-refractivity contribution >= 4 is 5.96 Å². The highest BCUT2D eigenvalue weighted by Gasteiger charge is 2.07. The van der Waals surface area contributed by atoms with Gasteiger partial charge in [0.1, 0.15) is 17.7 Å². The third-order valence-corrected chi connectivity index (χ3v) is 3.39. The van der Waals surface area contributed by atoms with Gasteiger partial charge in [-0.3, -0.25) is 4.99 Å². The van der Waals surface area contributed by atoms with Crippen LogP contribution in [0.25, 0.3) is 0 Å². The molecule has 1 atom stereocenters. The summed E-state index contributed by atoms with van der Waals surface area (Å²) in [5.74, 6) is -0.426. The molecule has 0 saturated heterocycles. The van der Waals surface area contributed by atoms with E-state index in [4.69, 9.17) is 4.74 Å². The summed E-state index contributed by atoms with van der Waals surface area (Å²) in [7, 11) is 1.62. The Morgan fingerprint density at radius 1 is 1.20 bits per heavy atom. The number of hydrogen-bond donors (Lipinski definition) is 3. The van der Waals surface area contributed by atoms with Gasteiger partial charge in [0.25, 0.3) is 0 Å². The lowest BCUT2D eigenvalue weighted by molar-refractivity contribution is 0.223. The maximum Gasteiger partial charge on any atom is 0.191 e. The largest absolute Gasteiger partial charge is 0.505 e. The lowest BCUT2D eigenvalue weighted by Crippen LogP contribution is -2.41. The topological polar surface area (TPSA) is 65.9 Å². The zero-order valence-electron chi connectivity index (χ0n) is 14.1. The number of guanidine groups is 1. The van der Waals surface area contributed by atoms with Crippen molar-refractivity contribution < 1.29 is 18.6 Å². The summed E-state index contributed by atoms with van der Waals surface area (Å²) in [6.45, 7) is 2.64. The van der Waals surface area contributed by atoms with Crippen LogP contribution in [0.4, 0.5) is 8.78 Å². The number of ether oxygens (including phenoxy) is 1. The van der Waals surface area contributed by atoms with Crippen LogP contribution in [0, 0.1) is 11.6 Å². The van der Waals surface area contributed by atoms with Crippen LogP contribution in [-0.4, -0.2) is 30.8 Å². The van der Waals surface area contributed by atoms with E-state index in [0.29, 0.717) is 30.4 Å². The van der Waals surface area contributed by atoms with Crippen LogP contribution in [0.2, 0.25) is 0 Å². The molecular weight excluding hydrogens is 328 g/mol. The summed E-state index contributed by atoms with van der Waals surface area (Å²) in [5, 5.41) is 15.3. The molecule has 0 aliphatic heterocycles. The van der Waals surface area contributed by atoms with Gasteiger partial charge in [0.05, 0.1) is 6.54 Å². The summed E-state index contributed by atoms with van der Waals surface area (Å²) < 4.78 is 32.1. The van der Waals surface area contributed by atoms with E-state index < -0.39 is 5.82 Å². The monoisotopic (exact) mass is 349 g/mol. The first-order valence-electron chi connectivity index (χ1n) is 7.82. The van der Waals surface area contributed by atoms with Crippen molar-refractivity contribution in [1.82, 2.24) is 10.6 Å². The molecule has 3 N–H and O–H groups in total. The minimum absolute atomic E-state index is 0.216. The maximum absolute atomic E-state index is 13.3. The van der Waals surface area contributed by atoms with Crippen molar-refractivity contribution in [2.75, 3.05) is 13.6 Å². The Bertz CT molecular complexity index is 738. The zero-order valence-corrected chi connectivity index (χ0v) is 14.1. The molecule has 0 aromatic heterocycles. The van der Waals surface area contributed by atoms with Gasteiger partial charge in [0, 0.05) is 19.7 Å². The first-order chi connectivity index (χ1) is 12.0. The van der Waals surface area contributed by atoms with Crippen LogP contribution in [0.5, 0.6) is 11.5 Å². The van der Waals surface area contributed by atoms with Crippen molar-refractivity contribution in [2.24, 2.45) is 4.99 Å². The summed E-state index contributed by atoms with van der Waals surface area (Å²) in [5.41, 5.74) is 0.669. The average molecular weight is 349 g/mol. The fraction of sp³-hybridized carbons (Fsp3) is 0.278.